The van der Waals surface area contributed by atoms with Gasteiger partial charge in [0.05, 0.1) is 0 Å². The lowest BCUT2D eigenvalue weighted by atomic mass is 10.1. The lowest BCUT2D eigenvalue weighted by molar-refractivity contribution is 0.207. The highest BCUT2D eigenvalue weighted by molar-refractivity contribution is 7.10. The van der Waals surface area contributed by atoms with Gasteiger partial charge in [0.1, 0.15) is 0 Å². The quantitative estimate of drug-likeness (QED) is 0.869. The standard InChI is InChI=1S/C11H18N2S.ClH/c1-9-4-7-14-11(9)8-13-5-2-10(12)3-6-13;/h4,7,10H,2-3,5-6,8,12H2,1H3;1H. The smallest absolute Gasteiger partial charge is 0.0330 e. The number of likely N-dealkylation sites (tertiary alicyclic amines) is 1. The summed E-state index contributed by atoms with van der Waals surface area (Å²) in [6.45, 7) is 5.65. The van der Waals surface area contributed by atoms with Crippen LogP contribution in [0, 0.1) is 6.92 Å². The second-order valence-corrected chi connectivity index (χ2v) is 5.14. The number of nitrogens with two attached hydrogens (primary N) is 1. The van der Waals surface area contributed by atoms with E-state index in [2.05, 4.69) is 23.3 Å². The van der Waals surface area contributed by atoms with E-state index in [-0.39, 0.29) is 12.4 Å². The number of piperidine rings is 1. The molecule has 4 heteroatoms. The molecule has 0 saturated carbocycles. The first kappa shape index (κ1) is 13.0. The monoisotopic (exact) mass is 246 g/mol. The van der Waals surface area contributed by atoms with E-state index in [4.69, 9.17) is 5.73 Å². The average Bonchev–Trinajstić information content (AvgIpc) is 2.56. The van der Waals surface area contributed by atoms with E-state index >= 15 is 0 Å². The molecule has 2 nitrogen and oxygen atoms in total. The van der Waals surface area contributed by atoms with Gasteiger partial charge in [-0.1, -0.05) is 0 Å². The van der Waals surface area contributed by atoms with E-state index in [1.54, 1.807) is 0 Å². The predicted octanol–water partition coefficient (Wildman–Crippen LogP) is 2.40. The third-order valence-electron chi connectivity index (χ3n) is 2.97. The minimum atomic E-state index is 0. The summed E-state index contributed by atoms with van der Waals surface area (Å²) in [5, 5.41) is 2.18. The molecule has 86 valence electrons. The number of halogens is 1. The Morgan fingerprint density at radius 1 is 1.47 bits per heavy atom. The first-order valence-electron chi connectivity index (χ1n) is 5.26. The summed E-state index contributed by atoms with van der Waals surface area (Å²) in [7, 11) is 0. The molecular formula is C11H19ClN2S. The van der Waals surface area contributed by atoms with Crippen LogP contribution in [0.5, 0.6) is 0 Å². The molecule has 1 saturated heterocycles. The van der Waals surface area contributed by atoms with Crippen LogP contribution in [0.2, 0.25) is 0 Å². The summed E-state index contributed by atoms with van der Waals surface area (Å²) >= 11 is 1.87. The zero-order valence-electron chi connectivity index (χ0n) is 9.11. The molecule has 0 atom stereocenters. The van der Waals surface area contributed by atoms with Gasteiger partial charge >= 0.3 is 0 Å². The number of nitrogens with zero attached hydrogens (tertiary/aromatic N) is 1. The highest BCUT2D eigenvalue weighted by atomic mass is 35.5. The summed E-state index contributed by atoms with van der Waals surface area (Å²) in [6, 6.07) is 2.64. The Morgan fingerprint density at radius 2 is 2.13 bits per heavy atom. The fourth-order valence-corrected chi connectivity index (χ4v) is 2.83. The largest absolute Gasteiger partial charge is 0.328 e. The maximum atomic E-state index is 5.88. The molecule has 0 aliphatic carbocycles. The molecule has 0 radical (unpaired) electrons. The van der Waals surface area contributed by atoms with Crippen LogP contribution in [-0.4, -0.2) is 24.0 Å². The zero-order valence-corrected chi connectivity index (χ0v) is 10.7. The van der Waals surface area contributed by atoms with Gasteiger partial charge in [-0.2, -0.15) is 0 Å². The van der Waals surface area contributed by atoms with Gasteiger partial charge in [0.25, 0.3) is 0 Å². The van der Waals surface area contributed by atoms with Crippen LogP contribution in [0.1, 0.15) is 23.3 Å². The third-order valence-corrected chi connectivity index (χ3v) is 3.98. The summed E-state index contributed by atoms with van der Waals surface area (Å²) in [5.41, 5.74) is 7.31. The van der Waals surface area contributed by atoms with Gasteiger partial charge in [-0.25, -0.2) is 0 Å². The highest BCUT2D eigenvalue weighted by Gasteiger charge is 2.16. The Morgan fingerprint density at radius 3 is 2.67 bits per heavy atom. The van der Waals surface area contributed by atoms with Gasteiger partial charge in [-0.05, 0) is 49.9 Å². The van der Waals surface area contributed by atoms with E-state index in [1.807, 2.05) is 11.3 Å². The fourth-order valence-electron chi connectivity index (χ4n) is 1.88. The predicted molar refractivity (Wildman–Crippen MR) is 68.8 cm³/mol. The van der Waals surface area contributed by atoms with E-state index in [1.165, 1.54) is 23.5 Å². The second kappa shape index (κ2) is 5.85. The van der Waals surface area contributed by atoms with Crippen LogP contribution in [0.4, 0.5) is 0 Å². The molecule has 1 aromatic heterocycles. The van der Waals surface area contributed by atoms with Crippen molar-refractivity contribution in [3.63, 3.8) is 0 Å². The van der Waals surface area contributed by atoms with Crippen molar-refractivity contribution in [3.05, 3.63) is 21.9 Å². The van der Waals surface area contributed by atoms with Crippen LogP contribution in [-0.2, 0) is 6.54 Å². The topological polar surface area (TPSA) is 29.3 Å². The van der Waals surface area contributed by atoms with E-state index in [0.717, 1.165) is 19.4 Å². The highest BCUT2D eigenvalue weighted by Crippen LogP contribution is 2.19. The third kappa shape index (κ3) is 3.45. The average molecular weight is 247 g/mol. The van der Waals surface area contributed by atoms with E-state index in [9.17, 15) is 0 Å². The molecule has 15 heavy (non-hydrogen) atoms. The summed E-state index contributed by atoms with van der Waals surface area (Å²) in [4.78, 5) is 4.03. The van der Waals surface area contributed by atoms with Gasteiger partial charge < -0.3 is 5.73 Å². The van der Waals surface area contributed by atoms with Gasteiger partial charge in [0, 0.05) is 17.5 Å². The van der Waals surface area contributed by atoms with Crippen LogP contribution in [0.3, 0.4) is 0 Å². The Kier molecular flexibility index (Phi) is 5.06. The van der Waals surface area contributed by atoms with E-state index in [0.29, 0.717) is 6.04 Å². The lowest BCUT2D eigenvalue weighted by Crippen LogP contribution is -2.39. The Labute approximate surface area is 102 Å². The molecule has 2 rings (SSSR count). The normalized spacial score (nSPS) is 18.8. The molecule has 0 aromatic carbocycles. The van der Waals surface area contributed by atoms with Gasteiger partial charge in [-0.3, -0.25) is 4.90 Å². The molecule has 0 unspecified atom stereocenters. The summed E-state index contributed by atoms with van der Waals surface area (Å²) in [5.74, 6) is 0. The van der Waals surface area contributed by atoms with Gasteiger partial charge in [0.2, 0.25) is 0 Å². The van der Waals surface area contributed by atoms with Crippen molar-refractivity contribution >= 4 is 23.7 Å². The fraction of sp³-hybridized carbons (Fsp3) is 0.636. The van der Waals surface area contributed by atoms with Gasteiger partial charge in [-0.15, -0.1) is 23.7 Å². The number of thiophene rings is 1. The van der Waals surface area contributed by atoms with Crippen LogP contribution in [0.15, 0.2) is 11.4 Å². The molecule has 1 aliphatic rings. The van der Waals surface area contributed by atoms with Crippen molar-refractivity contribution in [2.75, 3.05) is 13.1 Å². The van der Waals surface area contributed by atoms with Crippen molar-refractivity contribution in [2.45, 2.75) is 32.4 Å². The SMILES string of the molecule is Cc1ccsc1CN1CCC(N)CC1.Cl. The first-order chi connectivity index (χ1) is 6.75. The zero-order chi connectivity index (χ0) is 9.97. The van der Waals surface area contributed by atoms with Crippen LogP contribution in [0.25, 0.3) is 0 Å². The summed E-state index contributed by atoms with van der Waals surface area (Å²) in [6.07, 6.45) is 2.31. The minimum absolute atomic E-state index is 0. The van der Waals surface area contributed by atoms with Crippen molar-refractivity contribution in [1.82, 2.24) is 4.90 Å². The molecule has 0 bridgehead atoms. The van der Waals surface area contributed by atoms with Crippen molar-refractivity contribution in [2.24, 2.45) is 5.73 Å². The van der Waals surface area contributed by atoms with Crippen molar-refractivity contribution in [3.8, 4) is 0 Å². The summed E-state index contributed by atoms with van der Waals surface area (Å²) < 4.78 is 0. The Hall–Kier alpha value is -0.0900. The van der Waals surface area contributed by atoms with Crippen LogP contribution < -0.4 is 5.73 Å². The molecule has 0 spiro atoms. The second-order valence-electron chi connectivity index (χ2n) is 4.14. The Balaban J connectivity index is 0.00000112. The molecule has 1 aliphatic heterocycles. The molecule has 1 aromatic rings. The lowest BCUT2D eigenvalue weighted by Gasteiger charge is -2.29. The molecule has 2 N–H and O–H groups in total. The van der Waals surface area contributed by atoms with Crippen molar-refractivity contribution < 1.29 is 0 Å². The number of rotatable bonds is 2. The molecular weight excluding hydrogens is 228 g/mol. The maximum absolute atomic E-state index is 5.88. The minimum Gasteiger partial charge on any atom is -0.328 e. The number of hydrogen-bond donors (Lipinski definition) is 1. The van der Waals surface area contributed by atoms with Gasteiger partial charge in [0.15, 0.2) is 0 Å². The molecule has 1 fully saturated rings. The van der Waals surface area contributed by atoms with E-state index < -0.39 is 0 Å². The molecule has 0 amide bonds. The number of aryl methyl sites for hydroxylation is 1. The molecule has 2 heterocycles. The number of hydrogen-bond acceptors (Lipinski definition) is 3. The van der Waals surface area contributed by atoms with Crippen molar-refractivity contribution in [1.29, 1.82) is 0 Å². The Bertz CT molecular complexity index is 293. The first-order valence-corrected chi connectivity index (χ1v) is 6.14. The maximum Gasteiger partial charge on any atom is 0.0330 e. The van der Waals surface area contributed by atoms with Crippen LogP contribution >= 0.6 is 23.7 Å².